The van der Waals surface area contributed by atoms with Crippen LogP contribution in [0.4, 0.5) is 28.8 Å². The molecule has 2 aromatic carbocycles. The smallest absolute Gasteiger partial charge is 0.410 e. The molecule has 4 saturated heterocycles. The molecule has 0 radical (unpaired) electrons. The molecule has 4 heterocycles. The molecule has 85 heavy (non-hydrogen) atoms. The van der Waals surface area contributed by atoms with Gasteiger partial charge in [0.15, 0.2) is 0 Å². The Kier molecular flexibility index (Phi) is 31.2. The van der Waals surface area contributed by atoms with Crippen molar-refractivity contribution in [3.63, 3.8) is 0 Å². The average molecular weight is 1210 g/mol. The number of likely N-dealkylation sites (N-methyl/N-ethyl adjacent to an activating group) is 2. The summed E-state index contributed by atoms with van der Waals surface area (Å²) in [4.78, 5) is 78.6. The highest BCUT2D eigenvalue weighted by Gasteiger charge is 2.39. The van der Waals surface area contributed by atoms with Crippen LogP contribution in [0.15, 0.2) is 60.7 Å². The van der Waals surface area contributed by atoms with Crippen molar-refractivity contribution in [2.75, 3.05) is 80.7 Å². The van der Waals surface area contributed by atoms with E-state index in [2.05, 4.69) is 21.3 Å². The predicted molar refractivity (Wildman–Crippen MR) is 323 cm³/mol. The molecule has 0 aliphatic carbocycles. The Morgan fingerprint density at radius 2 is 0.918 bits per heavy atom. The van der Waals surface area contributed by atoms with E-state index >= 15 is 0 Å². The molecule has 6 amide bonds. The van der Waals surface area contributed by atoms with Crippen molar-refractivity contribution < 1.29 is 76.9 Å². The van der Waals surface area contributed by atoms with E-state index in [9.17, 15) is 39.0 Å². The number of methoxy groups -OCH3 is 2. The molecular formula is C61H104N8O16. The standard InChI is InChI=1S/C20H30N2O5.C18H26N2O5.C12H24N2O3.C10H20N2O3.CH4/c1-20(2,3)27-18(23)21(4)16-13-22(12-11-17(16)25-5)19(24)26-14-15-9-7-6-8-10-15;1-18(2,3)25-16(22)19-14-11-20(10-9-15(14)21)17(23)24-12-13-7-5-4-6-8-13;1-12(2,3)17-11(15)14(4)9-8-13-7-6-10(9)16-5;1-10(2,3)15-9(14)12-7-6-11-5-4-8(7)13;/h6-10,16-17H,11-14H2,1-5H3;4-8,14-15,21H,9-12H2,1-3H3,(H,19,22);9-10,13H,6-8H2,1-5H3;7-8,11,13H,4-6H2,1-3H3,(H,12,14);1H4/t16-,17+;14-,15+;9-,10+;7-,8+;/m0000./s1. The van der Waals surface area contributed by atoms with Crippen LogP contribution in [-0.2, 0) is 51.1 Å². The summed E-state index contributed by atoms with van der Waals surface area (Å²) < 4.78 is 42.8. The number of alkyl carbamates (subject to hydrolysis) is 2. The summed E-state index contributed by atoms with van der Waals surface area (Å²) in [6, 6.07) is 17.8. The number of hydrogen-bond donors (Lipinski definition) is 6. The summed E-state index contributed by atoms with van der Waals surface area (Å²) >= 11 is 0. The number of nitrogens with zero attached hydrogens (tertiary/aromatic N) is 4. The van der Waals surface area contributed by atoms with Gasteiger partial charge in [0.05, 0.1) is 48.6 Å². The molecule has 0 spiro atoms. The molecule has 0 aromatic heterocycles. The first-order valence-corrected chi connectivity index (χ1v) is 28.8. The molecule has 2 aromatic rings. The first kappa shape index (κ1) is 74.9. The maximum absolute atomic E-state index is 12.5. The summed E-state index contributed by atoms with van der Waals surface area (Å²) in [5, 5.41) is 31.3. The highest BCUT2D eigenvalue weighted by Crippen LogP contribution is 2.23. The zero-order valence-corrected chi connectivity index (χ0v) is 52.7. The topological polar surface area (TPSA) is 278 Å². The summed E-state index contributed by atoms with van der Waals surface area (Å²) in [6.07, 6.45) is -1.44. The van der Waals surface area contributed by atoms with E-state index in [-0.39, 0.29) is 63.6 Å². The van der Waals surface area contributed by atoms with Gasteiger partial charge < -0.3 is 89.0 Å². The van der Waals surface area contributed by atoms with Gasteiger partial charge >= 0.3 is 36.6 Å². The van der Waals surface area contributed by atoms with Crippen molar-refractivity contribution in [2.24, 2.45) is 0 Å². The number of likely N-dealkylation sites (tertiary alicyclic amines) is 2. The van der Waals surface area contributed by atoms with Crippen LogP contribution in [0.2, 0.25) is 0 Å². The third-order valence-electron chi connectivity index (χ3n) is 13.2. The molecule has 6 N–H and O–H groups in total. The molecule has 24 heteroatoms. The molecule has 0 saturated carbocycles. The van der Waals surface area contributed by atoms with Gasteiger partial charge in [-0.05, 0) is 133 Å². The van der Waals surface area contributed by atoms with Crippen molar-refractivity contribution in [3.8, 4) is 0 Å². The molecule has 4 fully saturated rings. The molecule has 24 nitrogen and oxygen atoms in total. The Morgan fingerprint density at radius 1 is 0.529 bits per heavy atom. The molecule has 6 rings (SSSR count). The Balaban J connectivity index is 0.000000396. The van der Waals surface area contributed by atoms with E-state index < -0.39 is 71.1 Å². The van der Waals surface area contributed by atoms with E-state index in [1.54, 1.807) is 58.9 Å². The Hall–Kier alpha value is -6.18. The molecule has 484 valence electrons. The van der Waals surface area contributed by atoms with Crippen molar-refractivity contribution >= 4 is 36.6 Å². The van der Waals surface area contributed by atoms with Crippen LogP contribution in [0.25, 0.3) is 0 Å². The van der Waals surface area contributed by atoms with Gasteiger partial charge in [-0.1, -0.05) is 68.1 Å². The quantitative estimate of drug-likeness (QED) is 0.125. The number of aliphatic hydroxyl groups excluding tert-OH is 2. The van der Waals surface area contributed by atoms with Crippen molar-refractivity contribution in [3.05, 3.63) is 71.8 Å². The third-order valence-corrected chi connectivity index (χ3v) is 13.2. The SMILES string of the molecule is C.CC(C)(C)OC(=O)N[C@H]1CN(C(=O)OCc2ccccc2)CC[C@H]1O.CC(C)(C)OC(=O)N[C@H]1CNCC[C@H]1O.CO[C@@H]1CCN(C(=O)OCc2ccccc2)C[C@@H]1N(C)C(=O)OC(C)(C)C.CO[C@@H]1CCNC[C@@H]1N(C)C(=O)OC(C)(C)C. The fourth-order valence-corrected chi connectivity index (χ4v) is 8.92. The second-order valence-electron chi connectivity index (χ2n) is 25.0. The fraction of sp³-hybridized carbons (Fsp3) is 0.705. The van der Waals surface area contributed by atoms with Crippen LogP contribution in [0.1, 0.15) is 127 Å². The number of benzene rings is 2. The lowest BCUT2D eigenvalue weighted by molar-refractivity contribution is -0.0392. The van der Waals surface area contributed by atoms with E-state index in [1.807, 2.05) is 123 Å². The maximum Gasteiger partial charge on any atom is 0.410 e. The van der Waals surface area contributed by atoms with Gasteiger partial charge in [0.2, 0.25) is 0 Å². The monoisotopic (exact) mass is 1200 g/mol. The van der Waals surface area contributed by atoms with Crippen LogP contribution >= 0.6 is 0 Å². The van der Waals surface area contributed by atoms with Gasteiger partial charge in [-0.2, -0.15) is 0 Å². The van der Waals surface area contributed by atoms with Gasteiger partial charge in [0, 0.05) is 67.6 Å². The van der Waals surface area contributed by atoms with Gasteiger partial charge in [-0.15, -0.1) is 0 Å². The number of rotatable bonds is 10. The minimum atomic E-state index is -0.731. The Morgan fingerprint density at radius 3 is 1.36 bits per heavy atom. The maximum atomic E-state index is 12.5. The number of carbonyl (C=O) groups is 6. The predicted octanol–water partition coefficient (Wildman–Crippen LogP) is 7.66. The minimum Gasteiger partial charge on any atom is -0.445 e. The highest BCUT2D eigenvalue weighted by molar-refractivity contribution is 5.71. The lowest BCUT2D eigenvalue weighted by atomic mass is 10.0. The molecule has 8 atom stereocenters. The normalized spacial score (nSPS) is 22.4. The molecular weight excluding hydrogens is 1100 g/mol. The van der Waals surface area contributed by atoms with Gasteiger partial charge in [0.1, 0.15) is 35.6 Å². The zero-order chi connectivity index (χ0) is 63.0. The van der Waals surface area contributed by atoms with Crippen molar-refractivity contribution in [2.45, 2.75) is 200 Å². The third kappa shape index (κ3) is 29.2. The number of aliphatic hydroxyl groups is 2. The Bertz CT molecular complexity index is 2310. The largest absolute Gasteiger partial charge is 0.445 e. The van der Waals surface area contributed by atoms with Crippen LogP contribution < -0.4 is 21.3 Å². The fourth-order valence-electron chi connectivity index (χ4n) is 8.92. The van der Waals surface area contributed by atoms with Gasteiger partial charge in [-0.3, -0.25) is 0 Å². The van der Waals surface area contributed by atoms with Crippen LogP contribution in [0, 0.1) is 0 Å². The number of piperidine rings is 4. The number of amides is 6. The summed E-state index contributed by atoms with van der Waals surface area (Å²) in [5.74, 6) is 0. The van der Waals surface area contributed by atoms with Crippen LogP contribution in [0.5, 0.6) is 0 Å². The molecule has 4 aliphatic rings. The molecule has 4 aliphatic heterocycles. The first-order valence-electron chi connectivity index (χ1n) is 28.8. The highest BCUT2D eigenvalue weighted by atomic mass is 16.6. The van der Waals surface area contributed by atoms with E-state index in [0.29, 0.717) is 45.4 Å². The van der Waals surface area contributed by atoms with Crippen molar-refractivity contribution in [1.29, 1.82) is 0 Å². The van der Waals surface area contributed by atoms with Gasteiger partial charge in [0.25, 0.3) is 0 Å². The summed E-state index contributed by atoms with van der Waals surface area (Å²) in [7, 11) is 6.73. The van der Waals surface area contributed by atoms with E-state index in [1.165, 1.54) is 9.80 Å². The zero-order valence-electron chi connectivity index (χ0n) is 52.7. The number of nitrogens with one attached hydrogen (secondary N) is 4. The van der Waals surface area contributed by atoms with E-state index in [4.69, 9.17) is 37.9 Å². The molecule has 0 unspecified atom stereocenters. The summed E-state index contributed by atoms with van der Waals surface area (Å²) in [5.41, 5.74) is -0.349. The first-order chi connectivity index (χ1) is 39.2. The second kappa shape index (κ2) is 35.4. The second-order valence-corrected chi connectivity index (χ2v) is 25.0. The van der Waals surface area contributed by atoms with Crippen molar-refractivity contribution in [1.82, 2.24) is 40.9 Å². The van der Waals surface area contributed by atoms with Crippen LogP contribution in [0.3, 0.4) is 0 Å². The lowest BCUT2D eigenvalue weighted by Gasteiger charge is -2.41. The van der Waals surface area contributed by atoms with Crippen LogP contribution in [-0.4, -0.2) is 218 Å². The summed E-state index contributed by atoms with van der Waals surface area (Å²) in [6.45, 7) is 26.6. The van der Waals surface area contributed by atoms with E-state index in [0.717, 1.165) is 37.2 Å². The molecule has 0 bridgehead atoms. The lowest BCUT2D eigenvalue weighted by Crippen LogP contribution is -2.57. The number of ether oxygens (including phenoxy) is 8. The number of carbonyl (C=O) groups excluding carboxylic acids is 6. The minimum absolute atomic E-state index is 0. The average Bonchev–Trinajstić information content (AvgIpc) is 2.92. The van der Waals surface area contributed by atoms with Gasteiger partial charge in [-0.25, -0.2) is 28.8 Å². The Labute approximate surface area is 505 Å². The number of hydrogen-bond acceptors (Lipinski definition) is 18.